The Bertz CT molecular complexity index is 1000. The van der Waals surface area contributed by atoms with Gasteiger partial charge >= 0.3 is 0 Å². The average Bonchev–Trinajstić information content (AvgIpc) is 3.13. The molecule has 0 aliphatic heterocycles. The third-order valence-electron chi connectivity index (χ3n) is 4.34. The van der Waals surface area contributed by atoms with Crippen LogP contribution in [-0.2, 0) is 10.2 Å². The summed E-state index contributed by atoms with van der Waals surface area (Å²) < 4.78 is 11.0. The van der Waals surface area contributed by atoms with E-state index in [0.29, 0.717) is 5.75 Å². The van der Waals surface area contributed by atoms with Crippen LogP contribution in [0.5, 0.6) is 11.5 Å². The summed E-state index contributed by atoms with van der Waals surface area (Å²) >= 11 is 0. The maximum atomic E-state index is 12.1. The van der Waals surface area contributed by atoms with Gasteiger partial charge in [0.05, 0.1) is 13.3 Å². The number of rotatable bonds is 6. The van der Waals surface area contributed by atoms with Crippen LogP contribution < -0.4 is 14.9 Å². The predicted molar refractivity (Wildman–Crippen MR) is 111 cm³/mol. The summed E-state index contributed by atoms with van der Waals surface area (Å²) in [7, 11) is 1.63. The zero-order chi connectivity index (χ0) is 20.1. The molecule has 146 valence electrons. The second kappa shape index (κ2) is 8.17. The Morgan fingerprint density at radius 2 is 2.00 bits per heavy atom. The number of hydrogen-bond acceptors (Lipinski definition) is 4. The molecule has 0 spiro atoms. The second-order valence-corrected chi connectivity index (χ2v) is 7.52. The van der Waals surface area contributed by atoms with Gasteiger partial charge in [0.2, 0.25) is 0 Å². The van der Waals surface area contributed by atoms with E-state index < -0.39 is 0 Å². The Kier molecular flexibility index (Phi) is 5.68. The van der Waals surface area contributed by atoms with E-state index >= 15 is 0 Å². The highest BCUT2D eigenvalue weighted by Crippen LogP contribution is 2.34. The van der Waals surface area contributed by atoms with Crippen molar-refractivity contribution in [3.8, 4) is 11.5 Å². The topological polar surface area (TPSA) is 75.7 Å². The largest absolute Gasteiger partial charge is 0.497 e. The maximum absolute atomic E-state index is 12.1. The molecule has 2 aromatic carbocycles. The SMILES string of the molecule is COc1ccc(OCC(=O)NN=Cc2ccc3cc[nH]c3c2)c(C(C)(C)C)c1. The summed E-state index contributed by atoms with van der Waals surface area (Å²) in [6, 6.07) is 13.5. The lowest BCUT2D eigenvalue weighted by Crippen LogP contribution is -2.25. The first-order chi connectivity index (χ1) is 13.4. The molecule has 1 aromatic heterocycles. The summed E-state index contributed by atoms with van der Waals surface area (Å²) in [6.45, 7) is 6.13. The zero-order valence-electron chi connectivity index (χ0n) is 16.6. The molecule has 0 unspecified atom stereocenters. The van der Waals surface area contributed by atoms with Crippen LogP contribution in [0.25, 0.3) is 10.9 Å². The van der Waals surface area contributed by atoms with Crippen molar-refractivity contribution in [3.05, 3.63) is 59.8 Å². The lowest BCUT2D eigenvalue weighted by Gasteiger charge is -2.23. The number of nitrogens with one attached hydrogen (secondary N) is 2. The number of benzene rings is 2. The van der Waals surface area contributed by atoms with Gasteiger partial charge in [-0.3, -0.25) is 4.79 Å². The van der Waals surface area contributed by atoms with Crippen LogP contribution in [0.4, 0.5) is 0 Å². The number of amides is 1. The van der Waals surface area contributed by atoms with Gasteiger partial charge in [0.1, 0.15) is 11.5 Å². The van der Waals surface area contributed by atoms with Crippen molar-refractivity contribution in [1.29, 1.82) is 0 Å². The number of nitrogens with zero attached hydrogens (tertiary/aromatic N) is 1. The minimum atomic E-state index is -0.326. The van der Waals surface area contributed by atoms with Gasteiger partial charge in [-0.05, 0) is 46.7 Å². The fourth-order valence-electron chi connectivity index (χ4n) is 2.85. The van der Waals surface area contributed by atoms with Crippen LogP contribution in [0.15, 0.2) is 53.8 Å². The molecule has 0 saturated heterocycles. The number of carbonyl (C=O) groups excluding carboxylic acids is 1. The Morgan fingerprint density at radius 3 is 2.75 bits per heavy atom. The molecular weight excluding hydrogens is 354 g/mol. The Labute approximate surface area is 164 Å². The molecule has 3 aromatic rings. The minimum absolute atomic E-state index is 0.123. The molecule has 1 heterocycles. The molecular formula is C22H25N3O3. The van der Waals surface area contributed by atoms with Gasteiger partial charge in [0.25, 0.3) is 5.91 Å². The number of H-pyrrole nitrogens is 1. The van der Waals surface area contributed by atoms with Gasteiger partial charge in [-0.1, -0.05) is 32.9 Å². The van der Waals surface area contributed by atoms with Gasteiger partial charge in [0, 0.05) is 17.3 Å². The molecule has 0 radical (unpaired) electrons. The van der Waals surface area contributed by atoms with Crippen molar-refractivity contribution in [1.82, 2.24) is 10.4 Å². The van der Waals surface area contributed by atoms with Crippen molar-refractivity contribution in [2.75, 3.05) is 13.7 Å². The van der Waals surface area contributed by atoms with Crippen LogP contribution >= 0.6 is 0 Å². The number of aromatic nitrogens is 1. The van der Waals surface area contributed by atoms with Crippen molar-refractivity contribution in [3.63, 3.8) is 0 Å². The van der Waals surface area contributed by atoms with E-state index in [1.807, 2.05) is 48.7 Å². The summed E-state index contributed by atoms with van der Waals surface area (Å²) in [4.78, 5) is 15.2. The molecule has 0 atom stereocenters. The van der Waals surface area contributed by atoms with E-state index in [1.54, 1.807) is 13.3 Å². The molecule has 6 nitrogen and oxygen atoms in total. The fraction of sp³-hybridized carbons (Fsp3) is 0.273. The molecule has 0 aliphatic carbocycles. The van der Waals surface area contributed by atoms with Gasteiger partial charge in [-0.25, -0.2) is 5.43 Å². The van der Waals surface area contributed by atoms with Crippen molar-refractivity contribution < 1.29 is 14.3 Å². The predicted octanol–water partition coefficient (Wildman–Crippen LogP) is 4.00. The highest BCUT2D eigenvalue weighted by molar-refractivity contribution is 5.89. The maximum Gasteiger partial charge on any atom is 0.277 e. The monoisotopic (exact) mass is 379 g/mol. The van der Waals surface area contributed by atoms with E-state index in [0.717, 1.165) is 27.8 Å². The summed E-state index contributed by atoms with van der Waals surface area (Å²) in [5, 5.41) is 5.13. The number of ether oxygens (including phenoxy) is 2. The lowest BCUT2D eigenvalue weighted by molar-refractivity contribution is -0.123. The molecule has 0 aliphatic rings. The third kappa shape index (κ3) is 4.71. The average molecular weight is 379 g/mol. The van der Waals surface area contributed by atoms with Gasteiger partial charge in [0.15, 0.2) is 6.61 Å². The number of fused-ring (bicyclic) bond motifs is 1. The molecule has 28 heavy (non-hydrogen) atoms. The normalized spacial score (nSPS) is 11.7. The number of aromatic amines is 1. The molecule has 2 N–H and O–H groups in total. The van der Waals surface area contributed by atoms with Crippen molar-refractivity contribution >= 4 is 23.0 Å². The number of methoxy groups -OCH3 is 1. The highest BCUT2D eigenvalue weighted by atomic mass is 16.5. The van der Waals surface area contributed by atoms with Crippen LogP contribution in [0, 0.1) is 0 Å². The molecule has 0 fully saturated rings. The highest BCUT2D eigenvalue weighted by Gasteiger charge is 2.20. The molecule has 3 rings (SSSR count). The summed E-state index contributed by atoms with van der Waals surface area (Å²) in [6.07, 6.45) is 3.49. The Hall–Kier alpha value is -3.28. The standard InChI is InChI=1S/C22H25N3O3/c1-22(2,3)18-12-17(27-4)7-8-20(18)28-14-21(26)25-24-13-15-5-6-16-9-10-23-19(16)11-15/h5-13,23H,14H2,1-4H3,(H,25,26). The van der Waals surface area contributed by atoms with Gasteiger partial charge in [-0.2, -0.15) is 5.10 Å². The number of hydrogen-bond donors (Lipinski definition) is 2. The van der Waals surface area contributed by atoms with Gasteiger partial charge in [-0.15, -0.1) is 0 Å². The molecule has 0 bridgehead atoms. The minimum Gasteiger partial charge on any atom is -0.497 e. The first-order valence-electron chi connectivity index (χ1n) is 9.07. The molecule has 0 saturated carbocycles. The quantitative estimate of drug-likeness (QED) is 0.502. The van der Waals surface area contributed by atoms with Crippen LogP contribution in [-0.4, -0.2) is 30.8 Å². The van der Waals surface area contributed by atoms with E-state index in [4.69, 9.17) is 9.47 Å². The van der Waals surface area contributed by atoms with E-state index in [-0.39, 0.29) is 17.9 Å². The Balaban J connectivity index is 1.59. The fourth-order valence-corrected chi connectivity index (χ4v) is 2.85. The van der Waals surface area contributed by atoms with Crippen LogP contribution in [0.1, 0.15) is 31.9 Å². The van der Waals surface area contributed by atoms with E-state index in [2.05, 4.69) is 36.3 Å². The molecule has 6 heteroatoms. The van der Waals surface area contributed by atoms with Crippen LogP contribution in [0.3, 0.4) is 0 Å². The summed E-state index contributed by atoms with van der Waals surface area (Å²) in [5.74, 6) is 1.09. The lowest BCUT2D eigenvalue weighted by atomic mass is 9.86. The number of hydrazone groups is 1. The van der Waals surface area contributed by atoms with Crippen molar-refractivity contribution in [2.24, 2.45) is 5.10 Å². The third-order valence-corrected chi connectivity index (χ3v) is 4.34. The zero-order valence-corrected chi connectivity index (χ0v) is 16.6. The van der Waals surface area contributed by atoms with E-state index in [9.17, 15) is 4.79 Å². The second-order valence-electron chi connectivity index (χ2n) is 7.52. The Morgan fingerprint density at radius 1 is 1.18 bits per heavy atom. The first-order valence-corrected chi connectivity index (χ1v) is 9.07. The van der Waals surface area contributed by atoms with Gasteiger partial charge < -0.3 is 14.5 Å². The van der Waals surface area contributed by atoms with E-state index in [1.165, 1.54) is 0 Å². The van der Waals surface area contributed by atoms with Crippen molar-refractivity contribution in [2.45, 2.75) is 26.2 Å². The first kappa shape index (κ1) is 19.5. The van der Waals surface area contributed by atoms with Crippen LogP contribution in [0.2, 0.25) is 0 Å². The number of carbonyl (C=O) groups is 1. The molecule has 1 amide bonds. The smallest absolute Gasteiger partial charge is 0.277 e. The summed E-state index contributed by atoms with van der Waals surface area (Å²) in [5.41, 5.74) is 5.24.